The van der Waals surface area contributed by atoms with Gasteiger partial charge in [-0.2, -0.15) is 5.10 Å². The first kappa shape index (κ1) is 21.3. The standard InChI is InChI=1S/C24H25N5O4S/c1-13-22-18(24(31)25-16-5-6-19-15(10-16)4-7-21(30)26-19)11-20(14-2-3-14)27-23(22)29(28-13)17-8-9-34(32,33)12-17/h5-6,10-11,14,17H,2-4,7-9,12H2,1H3,(H,25,31)(H,26,30). The number of sulfone groups is 1. The van der Waals surface area contributed by atoms with Gasteiger partial charge in [0.2, 0.25) is 5.91 Å². The summed E-state index contributed by atoms with van der Waals surface area (Å²) in [6.45, 7) is 1.83. The number of aryl methyl sites for hydroxylation is 2. The highest BCUT2D eigenvalue weighted by atomic mass is 32.2. The summed E-state index contributed by atoms with van der Waals surface area (Å²) in [6.07, 6.45) is 3.62. The van der Waals surface area contributed by atoms with Crippen molar-refractivity contribution >= 4 is 44.1 Å². The van der Waals surface area contributed by atoms with Crippen molar-refractivity contribution in [2.75, 3.05) is 22.1 Å². The van der Waals surface area contributed by atoms with Crippen LogP contribution in [0.2, 0.25) is 0 Å². The van der Waals surface area contributed by atoms with Gasteiger partial charge in [0.25, 0.3) is 5.91 Å². The van der Waals surface area contributed by atoms with Gasteiger partial charge in [0.15, 0.2) is 15.5 Å². The largest absolute Gasteiger partial charge is 0.326 e. The van der Waals surface area contributed by atoms with Crippen LogP contribution in [0.5, 0.6) is 0 Å². The third kappa shape index (κ3) is 3.75. The first-order chi connectivity index (χ1) is 16.3. The number of nitrogens with zero attached hydrogens (tertiary/aromatic N) is 3. The Kier molecular flexibility index (Phi) is 4.77. The molecular formula is C24H25N5O4S. The minimum Gasteiger partial charge on any atom is -0.326 e. The SMILES string of the molecule is Cc1nn(C2CCS(=O)(=O)C2)c2nc(C3CC3)cc(C(=O)Nc3ccc4c(c3)CCC(=O)N4)c12. The summed E-state index contributed by atoms with van der Waals surface area (Å²) in [5.74, 6) is 0.256. The molecule has 2 fully saturated rings. The average Bonchev–Trinajstić information content (AvgIpc) is 3.52. The zero-order valence-corrected chi connectivity index (χ0v) is 19.6. The van der Waals surface area contributed by atoms with E-state index in [2.05, 4.69) is 15.7 Å². The third-order valence-electron chi connectivity index (χ3n) is 6.91. The van der Waals surface area contributed by atoms with E-state index < -0.39 is 9.84 Å². The summed E-state index contributed by atoms with van der Waals surface area (Å²) >= 11 is 0. The van der Waals surface area contributed by atoms with Crippen LogP contribution in [0, 0.1) is 6.92 Å². The van der Waals surface area contributed by atoms with Gasteiger partial charge in [-0.25, -0.2) is 18.1 Å². The van der Waals surface area contributed by atoms with Crippen LogP contribution in [0.25, 0.3) is 11.0 Å². The molecule has 34 heavy (non-hydrogen) atoms. The molecular weight excluding hydrogens is 454 g/mol. The summed E-state index contributed by atoms with van der Waals surface area (Å²) in [7, 11) is -3.09. The van der Waals surface area contributed by atoms with Gasteiger partial charge in [0, 0.05) is 29.4 Å². The molecule has 1 saturated heterocycles. The molecule has 1 unspecified atom stereocenters. The van der Waals surface area contributed by atoms with Crippen molar-refractivity contribution in [3.63, 3.8) is 0 Å². The number of benzene rings is 1. The number of aromatic nitrogens is 3. The fourth-order valence-corrected chi connectivity index (χ4v) is 6.67. The zero-order valence-electron chi connectivity index (χ0n) is 18.8. The molecule has 0 radical (unpaired) electrons. The van der Waals surface area contributed by atoms with Gasteiger partial charge < -0.3 is 10.6 Å². The Hall–Kier alpha value is -3.27. The number of carbonyl (C=O) groups excluding carboxylic acids is 2. The molecule has 0 bridgehead atoms. The van der Waals surface area contributed by atoms with Crippen molar-refractivity contribution in [1.82, 2.24) is 14.8 Å². The second-order valence-electron chi connectivity index (χ2n) is 9.53. The summed E-state index contributed by atoms with van der Waals surface area (Å²) in [5, 5.41) is 11.2. The molecule has 4 heterocycles. The van der Waals surface area contributed by atoms with Crippen LogP contribution in [0.3, 0.4) is 0 Å². The van der Waals surface area contributed by atoms with Crippen LogP contribution in [-0.2, 0) is 21.1 Å². The Labute approximate surface area is 196 Å². The number of anilines is 2. The minimum atomic E-state index is -3.09. The Balaban J connectivity index is 1.39. The Morgan fingerprint density at radius 1 is 1.18 bits per heavy atom. The molecule has 3 aliphatic rings. The predicted molar refractivity (Wildman–Crippen MR) is 128 cm³/mol. The number of fused-ring (bicyclic) bond motifs is 2. The van der Waals surface area contributed by atoms with Gasteiger partial charge in [-0.15, -0.1) is 0 Å². The molecule has 2 amide bonds. The highest BCUT2D eigenvalue weighted by molar-refractivity contribution is 7.91. The number of amides is 2. The van der Waals surface area contributed by atoms with E-state index in [0.29, 0.717) is 53.2 Å². The number of carbonyl (C=O) groups is 2. The molecule has 1 aromatic carbocycles. The lowest BCUT2D eigenvalue weighted by Gasteiger charge is -2.18. The Bertz CT molecular complexity index is 1470. The van der Waals surface area contributed by atoms with E-state index in [0.717, 1.165) is 29.8 Å². The average molecular weight is 480 g/mol. The normalized spacial score (nSPS) is 21.3. The van der Waals surface area contributed by atoms with Crippen molar-refractivity contribution in [2.24, 2.45) is 0 Å². The number of pyridine rings is 1. The van der Waals surface area contributed by atoms with Crippen LogP contribution in [0.15, 0.2) is 24.3 Å². The quantitative estimate of drug-likeness (QED) is 0.593. The minimum absolute atomic E-state index is 0.00128. The summed E-state index contributed by atoms with van der Waals surface area (Å²) < 4.78 is 25.9. The maximum absolute atomic E-state index is 13.5. The topological polar surface area (TPSA) is 123 Å². The van der Waals surface area contributed by atoms with Crippen molar-refractivity contribution in [3.05, 3.63) is 46.8 Å². The maximum atomic E-state index is 13.5. The van der Waals surface area contributed by atoms with Crippen LogP contribution in [-0.4, -0.2) is 46.5 Å². The van der Waals surface area contributed by atoms with E-state index in [1.807, 2.05) is 25.1 Å². The Morgan fingerprint density at radius 3 is 2.74 bits per heavy atom. The van der Waals surface area contributed by atoms with Crippen molar-refractivity contribution in [3.8, 4) is 0 Å². The molecule has 9 nitrogen and oxygen atoms in total. The third-order valence-corrected chi connectivity index (χ3v) is 8.66. The lowest BCUT2D eigenvalue weighted by Crippen LogP contribution is -2.19. The summed E-state index contributed by atoms with van der Waals surface area (Å²) in [4.78, 5) is 30.0. The molecule has 3 aromatic rings. The monoisotopic (exact) mass is 479 g/mol. The smallest absolute Gasteiger partial charge is 0.256 e. The molecule has 6 rings (SSSR count). The Morgan fingerprint density at radius 2 is 2.00 bits per heavy atom. The van der Waals surface area contributed by atoms with Gasteiger partial charge in [0.1, 0.15) is 0 Å². The lowest BCUT2D eigenvalue weighted by molar-refractivity contribution is -0.116. The number of hydrogen-bond donors (Lipinski definition) is 2. The van der Waals surface area contributed by atoms with Crippen molar-refractivity contribution < 1.29 is 18.0 Å². The molecule has 10 heteroatoms. The maximum Gasteiger partial charge on any atom is 0.256 e. The first-order valence-electron chi connectivity index (χ1n) is 11.6. The lowest BCUT2D eigenvalue weighted by atomic mass is 10.0. The molecule has 1 saturated carbocycles. The van der Waals surface area contributed by atoms with Gasteiger partial charge in [-0.05, 0) is 62.4 Å². The molecule has 2 aliphatic heterocycles. The van der Waals surface area contributed by atoms with E-state index in [9.17, 15) is 18.0 Å². The van der Waals surface area contributed by atoms with Crippen LogP contribution in [0.4, 0.5) is 11.4 Å². The second-order valence-corrected chi connectivity index (χ2v) is 11.8. The number of nitrogens with one attached hydrogen (secondary N) is 2. The van der Waals surface area contributed by atoms with Crippen molar-refractivity contribution in [2.45, 2.75) is 51.0 Å². The molecule has 2 aromatic heterocycles. The molecule has 2 N–H and O–H groups in total. The fourth-order valence-electron chi connectivity index (χ4n) is 4.98. The highest BCUT2D eigenvalue weighted by Gasteiger charge is 2.34. The molecule has 1 atom stereocenters. The van der Waals surface area contributed by atoms with Gasteiger partial charge in [0.05, 0.1) is 34.2 Å². The predicted octanol–water partition coefficient (Wildman–Crippen LogP) is 3.11. The van der Waals surface area contributed by atoms with Crippen LogP contribution < -0.4 is 10.6 Å². The molecule has 0 spiro atoms. The molecule has 1 aliphatic carbocycles. The van der Waals surface area contributed by atoms with E-state index in [1.165, 1.54) is 0 Å². The number of rotatable bonds is 4. The van der Waals surface area contributed by atoms with E-state index >= 15 is 0 Å². The summed E-state index contributed by atoms with van der Waals surface area (Å²) in [6, 6.07) is 7.08. The highest BCUT2D eigenvalue weighted by Crippen LogP contribution is 2.41. The van der Waals surface area contributed by atoms with E-state index in [1.54, 1.807) is 10.7 Å². The van der Waals surface area contributed by atoms with Crippen LogP contribution in [0.1, 0.15) is 65.0 Å². The van der Waals surface area contributed by atoms with Crippen molar-refractivity contribution in [1.29, 1.82) is 0 Å². The van der Waals surface area contributed by atoms with Gasteiger partial charge in [-0.3, -0.25) is 9.59 Å². The van der Waals surface area contributed by atoms with Crippen LogP contribution >= 0.6 is 0 Å². The molecule has 176 valence electrons. The zero-order chi connectivity index (χ0) is 23.6. The first-order valence-corrected chi connectivity index (χ1v) is 13.4. The van der Waals surface area contributed by atoms with E-state index in [4.69, 9.17) is 4.98 Å². The number of hydrogen-bond acceptors (Lipinski definition) is 6. The summed E-state index contributed by atoms with van der Waals surface area (Å²) in [5.41, 5.74) is 5.03. The van der Waals surface area contributed by atoms with E-state index in [-0.39, 0.29) is 29.4 Å². The van der Waals surface area contributed by atoms with Gasteiger partial charge >= 0.3 is 0 Å². The van der Waals surface area contributed by atoms with Gasteiger partial charge in [-0.1, -0.05) is 0 Å². The fraction of sp³-hybridized carbons (Fsp3) is 0.417. The second kappa shape index (κ2) is 7.63.